The van der Waals surface area contributed by atoms with Gasteiger partial charge in [-0.3, -0.25) is 0 Å². The van der Waals surface area contributed by atoms with Crippen LogP contribution >= 0.6 is 11.6 Å². The number of nitrogens with one attached hydrogen (secondary N) is 1. The van der Waals surface area contributed by atoms with Gasteiger partial charge in [-0.15, -0.1) is 13.2 Å². The van der Waals surface area contributed by atoms with E-state index in [-0.39, 0.29) is 11.1 Å². The number of ether oxygens (including phenoxy) is 3. The van der Waals surface area contributed by atoms with Crippen molar-refractivity contribution in [3.63, 3.8) is 0 Å². The molecule has 36 heavy (non-hydrogen) atoms. The molecule has 0 radical (unpaired) electrons. The predicted molar refractivity (Wildman–Crippen MR) is 132 cm³/mol. The zero-order valence-electron chi connectivity index (χ0n) is 19.4. The van der Waals surface area contributed by atoms with Gasteiger partial charge in [-0.05, 0) is 30.3 Å². The standard InChI is InChI=1S/C25H24ClF3N4O3/c1-4-15(2)33-9-7-17(8-10-33)35-23-12-18-20(13-22(23)34-3)30-14-31-24(18)32-16-5-6-21(19(26)11-16)36-25(27,28)29/h4-6,11-14,17H,1-2,7-10H2,3H3,(H,30,31,32). The number of fused-ring (bicyclic) bond motifs is 1. The van der Waals surface area contributed by atoms with Crippen LogP contribution in [0.1, 0.15) is 12.8 Å². The Hall–Kier alpha value is -3.66. The largest absolute Gasteiger partial charge is 0.573 e. The molecule has 2 heterocycles. The molecule has 1 fully saturated rings. The van der Waals surface area contributed by atoms with E-state index in [2.05, 4.69) is 38.1 Å². The maximum absolute atomic E-state index is 12.5. The van der Waals surface area contributed by atoms with Crippen molar-refractivity contribution in [2.45, 2.75) is 25.3 Å². The summed E-state index contributed by atoms with van der Waals surface area (Å²) in [5.41, 5.74) is 1.90. The van der Waals surface area contributed by atoms with Gasteiger partial charge in [0.05, 0.1) is 17.6 Å². The molecule has 0 bridgehead atoms. The summed E-state index contributed by atoms with van der Waals surface area (Å²) < 4.78 is 53.4. The van der Waals surface area contributed by atoms with Gasteiger partial charge in [-0.2, -0.15) is 0 Å². The zero-order valence-corrected chi connectivity index (χ0v) is 20.2. The Bertz CT molecular complexity index is 1280. The smallest absolute Gasteiger partial charge is 0.493 e. The quantitative estimate of drug-likeness (QED) is 0.341. The molecule has 4 rings (SSSR count). The van der Waals surface area contributed by atoms with Gasteiger partial charge in [0.15, 0.2) is 11.5 Å². The number of piperidine rings is 1. The highest BCUT2D eigenvalue weighted by Crippen LogP contribution is 2.37. The number of likely N-dealkylation sites (tertiary alicyclic amines) is 1. The number of rotatable bonds is 8. The maximum atomic E-state index is 12.5. The Kier molecular flexibility index (Phi) is 7.44. The summed E-state index contributed by atoms with van der Waals surface area (Å²) in [6.45, 7) is 9.37. The van der Waals surface area contributed by atoms with Crippen molar-refractivity contribution in [2.75, 3.05) is 25.5 Å². The lowest BCUT2D eigenvalue weighted by molar-refractivity contribution is -0.274. The number of methoxy groups -OCH3 is 1. The van der Waals surface area contributed by atoms with Crippen molar-refractivity contribution >= 4 is 34.0 Å². The topological polar surface area (TPSA) is 68.7 Å². The summed E-state index contributed by atoms with van der Waals surface area (Å²) in [6, 6.07) is 7.40. The second-order valence-electron chi connectivity index (χ2n) is 8.06. The minimum Gasteiger partial charge on any atom is -0.493 e. The fraction of sp³-hybridized carbons (Fsp3) is 0.280. The Balaban J connectivity index is 1.57. The number of benzene rings is 2. The third kappa shape index (κ3) is 5.93. The van der Waals surface area contributed by atoms with Crippen LogP contribution in [0.15, 0.2) is 61.6 Å². The molecule has 0 spiro atoms. The van der Waals surface area contributed by atoms with E-state index in [9.17, 15) is 13.2 Å². The average Bonchev–Trinajstić information content (AvgIpc) is 2.85. The van der Waals surface area contributed by atoms with Gasteiger partial charge in [0.2, 0.25) is 0 Å². The van der Waals surface area contributed by atoms with Gasteiger partial charge in [0.25, 0.3) is 0 Å². The van der Waals surface area contributed by atoms with Crippen LogP contribution in [0.3, 0.4) is 0 Å². The van der Waals surface area contributed by atoms with Crippen molar-refractivity contribution in [2.24, 2.45) is 0 Å². The predicted octanol–water partition coefficient (Wildman–Crippen LogP) is 6.48. The molecule has 1 N–H and O–H groups in total. The lowest BCUT2D eigenvalue weighted by atomic mass is 10.1. The first kappa shape index (κ1) is 25.4. The number of hydrogen-bond donors (Lipinski definition) is 1. The summed E-state index contributed by atoms with van der Waals surface area (Å²) in [6.07, 6.45) is -0.148. The van der Waals surface area contributed by atoms with Crippen LogP contribution in [-0.4, -0.2) is 47.5 Å². The number of hydrogen-bond acceptors (Lipinski definition) is 7. The Labute approximate surface area is 211 Å². The van der Waals surface area contributed by atoms with E-state index in [1.165, 1.54) is 18.5 Å². The first-order valence-corrected chi connectivity index (χ1v) is 11.4. The van der Waals surface area contributed by atoms with Crippen molar-refractivity contribution in [1.82, 2.24) is 14.9 Å². The summed E-state index contributed by atoms with van der Waals surface area (Å²) in [5.74, 6) is 0.994. The third-order valence-corrected chi connectivity index (χ3v) is 6.01. The van der Waals surface area contributed by atoms with E-state index in [4.69, 9.17) is 21.1 Å². The number of alkyl halides is 3. The first-order chi connectivity index (χ1) is 17.2. The van der Waals surface area contributed by atoms with Crippen LogP contribution in [0.4, 0.5) is 24.7 Å². The Morgan fingerprint density at radius 1 is 1.14 bits per heavy atom. The number of halogens is 4. The van der Waals surface area contributed by atoms with Crippen LogP contribution in [0.25, 0.3) is 10.9 Å². The van der Waals surface area contributed by atoms with Crippen LogP contribution in [0, 0.1) is 0 Å². The molecule has 11 heteroatoms. The van der Waals surface area contributed by atoms with Crippen LogP contribution in [-0.2, 0) is 0 Å². The highest BCUT2D eigenvalue weighted by atomic mass is 35.5. The number of allylic oxidation sites excluding steroid dienone is 1. The molecule has 3 aromatic rings. The lowest BCUT2D eigenvalue weighted by Crippen LogP contribution is -2.37. The molecule has 0 atom stereocenters. The molecule has 2 aromatic carbocycles. The molecular weight excluding hydrogens is 497 g/mol. The van der Waals surface area contributed by atoms with E-state index in [0.717, 1.165) is 37.7 Å². The van der Waals surface area contributed by atoms with Gasteiger partial charge in [0.1, 0.15) is 24.0 Å². The minimum atomic E-state index is -4.84. The molecule has 0 aliphatic carbocycles. The van der Waals surface area contributed by atoms with Crippen LogP contribution in [0.5, 0.6) is 17.2 Å². The third-order valence-electron chi connectivity index (χ3n) is 5.72. The number of anilines is 2. The Morgan fingerprint density at radius 3 is 2.53 bits per heavy atom. The molecule has 190 valence electrons. The molecule has 0 saturated carbocycles. The zero-order chi connectivity index (χ0) is 25.9. The fourth-order valence-corrected chi connectivity index (χ4v) is 4.13. The highest BCUT2D eigenvalue weighted by Gasteiger charge is 2.32. The van der Waals surface area contributed by atoms with Crippen molar-refractivity contribution < 1.29 is 27.4 Å². The first-order valence-electron chi connectivity index (χ1n) is 11.0. The van der Waals surface area contributed by atoms with E-state index in [0.29, 0.717) is 33.9 Å². The molecule has 1 aromatic heterocycles. The van der Waals surface area contributed by atoms with Gasteiger partial charge in [-0.1, -0.05) is 24.8 Å². The summed E-state index contributed by atoms with van der Waals surface area (Å²) in [4.78, 5) is 10.8. The normalized spacial score (nSPS) is 14.4. The molecule has 1 aliphatic rings. The summed E-state index contributed by atoms with van der Waals surface area (Å²) in [7, 11) is 1.55. The number of nitrogens with zero attached hydrogens (tertiary/aromatic N) is 3. The van der Waals surface area contributed by atoms with Crippen molar-refractivity contribution in [1.29, 1.82) is 0 Å². The monoisotopic (exact) mass is 520 g/mol. The molecule has 1 aliphatic heterocycles. The van der Waals surface area contributed by atoms with Gasteiger partial charge < -0.3 is 24.4 Å². The van der Waals surface area contributed by atoms with Gasteiger partial charge >= 0.3 is 6.36 Å². The van der Waals surface area contributed by atoms with E-state index in [1.54, 1.807) is 25.3 Å². The minimum absolute atomic E-state index is 0.0220. The van der Waals surface area contributed by atoms with E-state index < -0.39 is 12.1 Å². The van der Waals surface area contributed by atoms with E-state index in [1.807, 2.05) is 0 Å². The van der Waals surface area contributed by atoms with Crippen molar-refractivity contribution in [3.05, 3.63) is 66.6 Å². The SMILES string of the molecule is C=CC(=C)N1CCC(Oc2cc3c(Nc4ccc(OC(F)(F)F)c(Cl)c4)ncnc3cc2OC)CC1. The highest BCUT2D eigenvalue weighted by molar-refractivity contribution is 6.32. The Morgan fingerprint density at radius 2 is 1.89 bits per heavy atom. The maximum Gasteiger partial charge on any atom is 0.573 e. The molecule has 0 unspecified atom stereocenters. The lowest BCUT2D eigenvalue weighted by Gasteiger charge is -2.34. The van der Waals surface area contributed by atoms with Crippen LogP contribution in [0.2, 0.25) is 5.02 Å². The second kappa shape index (κ2) is 10.5. The summed E-state index contributed by atoms with van der Waals surface area (Å²) >= 11 is 5.98. The van der Waals surface area contributed by atoms with Crippen molar-refractivity contribution in [3.8, 4) is 17.2 Å². The average molecular weight is 521 g/mol. The summed E-state index contributed by atoms with van der Waals surface area (Å²) in [5, 5.41) is 3.51. The van der Waals surface area contributed by atoms with E-state index >= 15 is 0 Å². The molecule has 1 saturated heterocycles. The second-order valence-corrected chi connectivity index (χ2v) is 8.47. The van der Waals surface area contributed by atoms with Gasteiger partial charge in [0, 0.05) is 48.8 Å². The fourth-order valence-electron chi connectivity index (χ4n) is 3.91. The molecule has 0 amide bonds. The molecular formula is C25H24ClF3N4O3. The van der Waals surface area contributed by atoms with Crippen LogP contribution < -0.4 is 19.5 Å². The van der Waals surface area contributed by atoms with Gasteiger partial charge in [-0.25, -0.2) is 9.97 Å². The number of aromatic nitrogens is 2. The molecule has 7 nitrogen and oxygen atoms in total.